The van der Waals surface area contributed by atoms with E-state index >= 15 is 0 Å². The molecule has 0 saturated carbocycles. The first kappa shape index (κ1) is 34.2. The van der Waals surface area contributed by atoms with Crippen molar-refractivity contribution >= 4 is 64.5 Å². The predicted molar refractivity (Wildman–Crippen MR) is 170 cm³/mol. The Morgan fingerprint density at radius 3 is 1.72 bits per heavy atom. The number of halogens is 2. The summed E-state index contributed by atoms with van der Waals surface area (Å²) in [6, 6.07) is 23.7. The van der Waals surface area contributed by atoms with E-state index in [4.69, 9.17) is 32.7 Å². The molecule has 0 aromatic heterocycles. The number of carboxylic acids is 1. The van der Waals surface area contributed by atoms with E-state index in [0.717, 1.165) is 5.56 Å². The normalized spacial score (nSPS) is 11.7. The minimum Gasteiger partial charge on any atom is -0.478 e. The lowest BCUT2D eigenvalue weighted by Crippen LogP contribution is -2.54. The predicted octanol–water partition coefficient (Wildman–Crippen LogP) is 4.85. The second-order valence-corrected chi connectivity index (χ2v) is 10.6. The van der Waals surface area contributed by atoms with E-state index in [0.29, 0.717) is 11.3 Å². The topological polar surface area (TPSA) is 177 Å². The van der Waals surface area contributed by atoms with Crippen molar-refractivity contribution in [2.24, 2.45) is 0 Å². The third-order valence-electron chi connectivity index (χ3n) is 6.42. The Kier molecular flexibility index (Phi) is 11.3. The smallest absolute Gasteiger partial charge is 0.349 e. The molecule has 0 aliphatic carbocycles. The van der Waals surface area contributed by atoms with E-state index in [9.17, 15) is 33.9 Å². The van der Waals surface area contributed by atoms with Gasteiger partial charge in [-0.2, -0.15) is 0 Å². The number of nitrogens with one attached hydrogen (secondary N) is 3. The van der Waals surface area contributed by atoms with Gasteiger partial charge in [0, 0.05) is 16.8 Å². The van der Waals surface area contributed by atoms with Crippen LogP contribution in [0, 0.1) is 6.92 Å². The molecule has 4 rings (SSSR count). The molecule has 3 amide bonds. The molecule has 4 aromatic carbocycles. The molecular weight excluding hydrogens is 653 g/mol. The number of aryl methyl sites for hydroxylation is 1. The third kappa shape index (κ3) is 8.93. The Morgan fingerprint density at radius 2 is 1.19 bits per heavy atom. The van der Waals surface area contributed by atoms with Crippen LogP contribution in [0.25, 0.3) is 0 Å². The van der Waals surface area contributed by atoms with Gasteiger partial charge in [0.25, 0.3) is 17.7 Å². The number of hydrogen-bond acceptors (Lipinski definition) is 8. The molecule has 0 aliphatic heterocycles. The largest absolute Gasteiger partial charge is 0.478 e. The molecule has 0 bridgehead atoms. The molecule has 0 spiro atoms. The number of aliphatic carboxylic acids is 1. The number of carboxylic acid groups (broad SMARTS) is 1. The summed E-state index contributed by atoms with van der Waals surface area (Å²) in [5.74, 6) is -6.88. The molecule has 14 heteroatoms. The zero-order valence-corrected chi connectivity index (χ0v) is 25.9. The average molecular weight is 678 g/mol. The van der Waals surface area contributed by atoms with Crippen LogP contribution in [-0.2, 0) is 19.1 Å². The summed E-state index contributed by atoms with van der Waals surface area (Å²) in [5, 5.41) is 12.5. The van der Waals surface area contributed by atoms with Crippen molar-refractivity contribution in [3.8, 4) is 0 Å². The van der Waals surface area contributed by atoms with Crippen LogP contribution in [-0.4, -0.2) is 52.9 Å². The second kappa shape index (κ2) is 15.5. The lowest BCUT2D eigenvalue weighted by molar-refractivity contribution is -0.159. The fraction of sp³-hybridized carbons (Fsp3) is 0.0909. The maximum atomic E-state index is 13.2. The number of benzene rings is 4. The van der Waals surface area contributed by atoms with Gasteiger partial charge in [-0.05, 0) is 67.6 Å². The second-order valence-electron chi connectivity index (χ2n) is 9.79. The van der Waals surface area contributed by atoms with Gasteiger partial charge in [-0.3, -0.25) is 25.2 Å². The van der Waals surface area contributed by atoms with Crippen molar-refractivity contribution in [2.75, 3.05) is 5.32 Å². The van der Waals surface area contributed by atoms with Crippen molar-refractivity contribution in [1.29, 1.82) is 0 Å². The quantitative estimate of drug-likeness (QED) is 0.135. The molecule has 0 unspecified atom stereocenters. The van der Waals surface area contributed by atoms with E-state index < -0.39 is 41.9 Å². The van der Waals surface area contributed by atoms with E-state index in [2.05, 4.69) is 10.7 Å². The number of hydrazine groups is 1. The van der Waals surface area contributed by atoms with Crippen molar-refractivity contribution in [1.82, 2.24) is 10.9 Å². The summed E-state index contributed by atoms with van der Waals surface area (Å²) in [6.45, 7) is 1.85. The molecular formula is C33H25Cl2N3O9. The minimum absolute atomic E-state index is 0.0309. The molecule has 240 valence electrons. The van der Waals surface area contributed by atoms with E-state index in [1.165, 1.54) is 72.8 Å². The summed E-state index contributed by atoms with van der Waals surface area (Å²) in [5.41, 5.74) is 5.40. The Morgan fingerprint density at radius 1 is 0.638 bits per heavy atom. The number of esters is 2. The first-order valence-electron chi connectivity index (χ1n) is 13.7. The highest BCUT2D eigenvalue weighted by atomic mass is 35.5. The van der Waals surface area contributed by atoms with Gasteiger partial charge < -0.3 is 19.9 Å². The van der Waals surface area contributed by atoms with Crippen LogP contribution in [0.4, 0.5) is 5.69 Å². The van der Waals surface area contributed by atoms with Crippen LogP contribution < -0.4 is 16.2 Å². The van der Waals surface area contributed by atoms with Gasteiger partial charge in [-0.15, -0.1) is 0 Å². The van der Waals surface area contributed by atoms with Crippen LogP contribution in [0.2, 0.25) is 10.0 Å². The highest BCUT2D eigenvalue weighted by Gasteiger charge is 2.41. The summed E-state index contributed by atoms with van der Waals surface area (Å²) >= 11 is 12.1. The monoisotopic (exact) mass is 677 g/mol. The van der Waals surface area contributed by atoms with E-state index in [1.54, 1.807) is 18.2 Å². The fourth-order valence-electron chi connectivity index (χ4n) is 4.06. The number of carbonyl (C=O) groups is 6. The van der Waals surface area contributed by atoms with Gasteiger partial charge in [-0.1, -0.05) is 65.2 Å². The number of anilines is 1. The molecule has 4 N–H and O–H groups in total. The molecule has 47 heavy (non-hydrogen) atoms. The lowest BCUT2D eigenvalue weighted by atomic mass is 10.1. The Labute approximate surface area is 277 Å². The highest BCUT2D eigenvalue weighted by molar-refractivity contribution is 6.34. The van der Waals surface area contributed by atoms with Gasteiger partial charge in [0.05, 0.1) is 21.2 Å². The average Bonchev–Trinajstić information content (AvgIpc) is 3.05. The maximum absolute atomic E-state index is 13.2. The van der Waals surface area contributed by atoms with Gasteiger partial charge >= 0.3 is 17.9 Å². The molecule has 4 aromatic rings. The highest BCUT2D eigenvalue weighted by Crippen LogP contribution is 2.21. The standard InChI is InChI=1S/C33H25Cl2N3O9/c1-18-7-6-8-20(17-18)28(39)36-21-15-13-19(14-16-21)29(40)37-38-30(41)26(46-32(44)22-9-2-4-11-24(22)34)27(31(42)43)47-33(45)23-10-3-5-12-25(23)35/h2-17,26-27H,1H3,(H,36,39)(H,37,40)(H,38,41)(H,42,43)/t26-,27+/m1/s1. The molecule has 2 atom stereocenters. The summed E-state index contributed by atoms with van der Waals surface area (Å²) in [7, 11) is 0. The van der Waals surface area contributed by atoms with Crippen LogP contribution in [0.15, 0.2) is 97.1 Å². The molecule has 0 fully saturated rings. The van der Waals surface area contributed by atoms with Crippen LogP contribution in [0.3, 0.4) is 0 Å². The first-order chi connectivity index (χ1) is 22.4. The SMILES string of the molecule is Cc1cccc(C(=O)Nc2ccc(C(=O)NNC(=O)[C@H](OC(=O)c3ccccc3Cl)[C@H](OC(=O)c3ccccc3Cl)C(=O)O)cc2)c1. The summed E-state index contributed by atoms with van der Waals surface area (Å²) in [4.78, 5) is 76.5. The first-order valence-corrected chi connectivity index (χ1v) is 14.4. The summed E-state index contributed by atoms with van der Waals surface area (Å²) in [6.07, 6.45) is -4.71. The third-order valence-corrected chi connectivity index (χ3v) is 7.08. The summed E-state index contributed by atoms with van der Waals surface area (Å²) < 4.78 is 10.2. The number of carbonyl (C=O) groups excluding carboxylic acids is 5. The fourth-order valence-corrected chi connectivity index (χ4v) is 4.49. The number of amides is 3. The van der Waals surface area contributed by atoms with Gasteiger partial charge in [0.1, 0.15) is 0 Å². The van der Waals surface area contributed by atoms with Crippen molar-refractivity contribution in [3.63, 3.8) is 0 Å². The van der Waals surface area contributed by atoms with Gasteiger partial charge in [0.15, 0.2) is 0 Å². The molecule has 0 radical (unpaired) electrons. The van der Waals surface area contributed by atoms with E-state index in [1.807, 2.05) is 18.4 Å². The van der Waals surface area contributed by atoms with E-state index in [-0.39, 0.29) is 32.6 Å². The minimum atomic E-state index is -2.39. The molecule has 0 aliphatic rings. The number of ether oxygens (including phenoxy) is 2. The van der Waals surface area contributed by atoms with Crippen LogP contribution in [0.1, 0.15) is 47.0 Å². The maximum Gasteiger partial charge on any atom is 0.349 e. The number of rotatable bonds is 10. The Bertz CT molecular complexity index is 1850. The Hall–Kier alpha value is -5.72. The van der Waals surface area contributed by atoms with Crippen molar-refractivity contribution in [3.05, 3.63) is 135 Å². The van der Waals surface area contributed by atoms with Gasteiger partial charge in [-0.25, -0.2) is 14.4 Å². The van der Waals surface area contributed by atoms with Crippen molar-refractivity contribution in [2.45, 2.75) is 19.1 Å². The zero-order chi connectivity index (χ0) is 34.1. The molecule has 12 nitrogen and oxygen atoms in total. The van der Waals surface area contributed by atoms with Crippen molar-refractivity contribution < 1.29 is 43.3 Å². The molecule has 0 heterocycles. The number of hydrogen-bond donors (Lipinski definition) is 4. The van der Waals surface area contributed by atoms with Crippen LogP contribution in [0.5, 0.6) is 0 Å². The molecule has 0 saturated heterocycles. The van der Waals surface area contributed by atoms with Crippen LogP contribution >= 0.6 is 23.2 Å². The lowest BCUT2D eigenvalue weighted by Gasteiger charge is -2.24. The zero-order valence-electron chi connectivity index (χ0n) is 24.4. The van der Waals surface area contributed by atoms with Gasteiger partial charge in [0.2, 0.25) is 12.2 Å². The Balaban J connectivity index is 1.49.